The van der Waals surface area contributed by atoms with Crippen molar-refractivity contribution in [3.63, 3.8) is 0 Å². The highest BCUT2D eigenvalue weighted by molar-refractivity contribution is 9.10. The second-order valence-electron chi connectivity index (χ2n) is 3.08. The molecule has 0 saturated heterocycles. The number of aromatic hydroxyl groups is 1. The summed E-state index contributed by atoms with van der Waals surface area (Å²) in [6.07, 6.45) is 0. The molecule has 3 nitrogen and oxygen atoms in total. The van der Waals surface area contributed by atoms with Gasteiger partial charge in [0.2, 0.25) is 0 Å². The van der Waals surface area contributed by atoms with Crippen LogP contribution in [-0.4, -0.2) is 14.6 Å². The van der Waals surface area contributed by atoms with Crippen molar-refractivity contribution in [1.82, 2.24) is 0 Å². The summed E-state index contributed by atoms with van der Waals surface area (Å²) in [5, 5.41) is 9.59. The molecule has 1 aromatic carbocycles. The van der Waals surface area contributed by atoms with Crippen LogP contribution in [0.15, 0.2) is 22.7 Å². The number of hydrogen-bond acceptors (Lipinski definition) is 2. The van der Waals surface area contributed by atoms with Crippen molar-refractivity contribution in [3.8, 4) is 5.75 Å². The van der Waals surface area contributed by atoms with Gasteiger partial charge in [0.25, 0.3) is 0 Å². The molecular weight excluding hydrogens is 266 g/mol. The van der Waals surface area contributed by atoms with Crippen LogP contribution in [-0.2, 0) is 11.0 Å². The Labute approximate surface area is 94.2 Å². The quantitative estimate of drug-likeness (QED) is 0.835. The van der Waals surface area contributed by atoms with E-state index in [1.807, 2.05) is 13.8 Å². The molecule has 14 heavy (non-hydrogen) atoms. The molecule has 1 aromatic rings. The third kappa shape index (κ3) is 2.72. The van der Waals surface area contributed by atoms with Crippen molar-refractivity contribution < 1.29 is 9.32 Å². The minimum atomic E-state index is -1.17. The number of phenolic OH excluding ortho intramolecular Hbond substituents is 1. The lowest BCUT2D eigenvalue weighted by molar-refractivity contribution is 0.474. The predicted octanol–water partition coefficient (Wildman–Crippen LogP) is 2.64. The van der Waals surface area contributed by atoms with Gasteiger partial charge in [-0.15, -0.1) is 0 Å². The Morgan fingerprint density at radius 1 is 1.50 bits per heavy atom. The lowest BCUT2D eigenvalue weighted by atomic mass is 10.3. The number of nitrogens with one attached hydrogen (secondary N) is 1. The number of anilines is 1. The van der Waals surface area contributed by atoms with Gasteiger partial charge in [-0.1, -0.05) is 6.07 Å². The maximum absolute atomic E-state index is 11.4. The summed E-state index contributed by atoms with van der Waals surface area (Å²) in [7, 11) is -1.17. The molecule has 0 amide bonds. The summed E-state index contributed by atoms with van der Waals surface area (Å²) in [6.45, 7) is 3.69. The zero-order valence-electron chi connectivity index (χ0n) is 7.95. The van der Waals surface area contributed by atoms with Crippen LogP contribution in [0.4, 0.5) is 5.69 Å². The van der Waals surface area contributed by atoms with Gasteiger partial charge in [0, 0.05) is 5.25 Å². The van der Waals surface area contributed by atoms with Crippen molar-refractivity contribution >= 4 is 32.6 Å². The van der Waals surface area contributed by atoms with Crippen molar-refractivity contribution in [2.24, 2.45) is 0 Å². The number of hydrogen-bond donors (Lipinski definition) is 2. The number of para-hydroxylation sites is 1. The summed E-state index contributed by atoms with van der Waals surface area (Å²) in [4.78, 5) is 0. The third-order valence-electron chi connectivity index (χ3n) is 1.63. The number of phenols is 1. The molecule has 0 aliphatic carbocycles. The highest BCUT2D eigenvalue weighted by Crippen LogP contribution is 2.31. The Kier molecular flexibility index (Phi) is 3.95. The molecule has 0 bridgehead atoms. The SMILES string of the molecule is CC(C)S(=O)Nc1cccc(Br)c1O. The van der Waals surface area contributed by atoms with Crippen LogP contribution >= 0.6 is 15.9 Å². The van der Waals surface area contributed by atoms with Crippen LogP contribution in [0.1, 0.15) is 13.8 Å². The van der Waals surface area contributed by atoms with Gasteiger partial charge in [0.1, 0.15) is 11.0 Å². The smallest absolute Gasteiger partial charge is 0.153 e. The lowest BCUT2D eigenvalue weighted by Gasteiger charge is -2.10. The molecule has 0 saturated carbocycles. The van der Waals surface area contributed by atoms with E-state index >= 15 is 0 Å². The summed E-state index contributed by atoms with van der Waals surface area (Å²) in [5.74, 6) is 0.0847. The Hall–Kier alpha value is -0.550. The second kappa shape index (κ2) is 4.79. The molecule has 1 rings (SSSR count). The molecular formula is C9H12BrNO2S. The van der Waals surface area contributed by atoms with Crippen LogP contribution in [0.2, 0.25) is 0 Å². The van der Waals surface area contributed by atoms with Gasteiger partial charge >= 0.3 is 0 Å². The number of rotatable bonds is 3. The van der Waals surface area contributed by atoms with E-state index in [2.05, 4.69) is 20.7 Å². The van der Waals surface area contributed by atoms with E-state index in [1.165, 1.54) is 0 Å². The van der Waals surface area contributed by atoms with E-state index in [0.717, 1.165) is 0 Å². The van der Waals surface area contributed by atoms with E-state index in [1.54, 1.807) is 18.2 Å². The van der Waals surface area contributed by atoms with Crippen LogP contribution in [0.25, 0.3) is 0 Å². The van der Waals surface area contributed by atoms with E-state index < -0.39 is 11.0 Å². The van der Waals surface area contributed by atoms with Gasteiger partial charge in [0.05, 0.1) is 10.2 Å². The average molecular weight is 278 g/mol. The first kappa shape index (κ1) is 11.5. The molecule has 2 N–H and O–H groups in total. The van der Waals surface area contributed by atoms with Crippen molar-refractivity contribution in [2.45, 2.75) is 19.1 Å². The van der Waals surface area contributed by atoms with Crippen LogP contribution in [0.5, 0.6) is 5.75 Å². The van der Waals surface area contributed by atoms with E-state index in [4.69, 9.17) is 0 Å². The second-order valence-corrected chi connectivity index (χ2v) is 5.68. The fraction of sp³-hybridized carbons (Fsp3) is 0.333. The Morgan fingerprint density at radius 2 is 2.14 bits per heavy atom. The van der Waals surface area contributed by atoms with Gasteiger partial charge in [-0.05, 0) is 41.9 Å². The topological polar surface area (TPSA) is 49.3 Å². The average Bonchev–Trinajstić information content (AvgIpc) is 2.12. The molecule has 1 unspecified atom stereocenters. The molecule has 1 atom stereocenters. The van der Waals surface area contributed by atoms with Crippen LogP contribution < -0.4 is 4.72 Å². The minimum Gasteiger partial charge on any atom is -0.505 e. The van der Waals surface area contributed by atoms with Crippen molar-refractivity contribution in [1.29, 1.82) is 0 Å². The fourth-order valence-electron chi connectivity index (χ4n) is 0.824. The highest BCUT2D eigenvalue weighted by atomic mass is 79.9. The lowest BCUT2D eigenvalue weighted by Crippen LogP contribution is -2.14. The first-order chi connectivity index (χ1) is 6.52. The first-order valence-electron chi connectivity index (χ1n) is 4.17. The summed E-state index contributed by atoms with van der Waals surface area (Å²) >= 11 is 3.18. The van der Waals surface area contributed by atoms with Gasteiger partial charge in [-0.3, -0.25) is 0 Å². The molecule has 0 aliphatic rings. The number of benzene rings is 1. The zero-order valence-corrected chi connectivity index (χ0v) is 10.4. The fourth-order valence-corrected chi connectivity index (χ4v) is 1.81. The largest absolute Gasteiger partial charge is 0.505 e. The van der Waals surface area contributed by atoms with Gasteiger partial charge in [-0.25, -0.2) is 4.21 Å². The van der Waals surface area contributed by atoms with E-state index in [-0.39, 0.29) is 11.0 Å². The summed E-state index contributed by atoms with van der Waals surface area (Å²) < 4.78 is 14.8. The van der Waals surface area contributed by atoms with E-state index in [9.17, 15) is 9.32 Å². The van der Waals surface area contributed by atoms with E-state index in [0.29, 0.717) is 10.2 Å². The minimum absolute atomic E-state index is 0.00776. The maximum atomic E-state index is 11.4. The predicted molar refractivity (Wildman–Crippen MR) is 62.7 cm³/mol. The van der Waals surface area contributed by atoms with Crippen LogP contribution in [0.3, 0.4) is 0 Å². The number of halogens is 1. The zero-order chi connectivity index (χ0) is 10.7. The Balaban J connectivity index is 2.87. The molecule has 0 heterocycles. The third-order valence-corrected chi connectivity index (χ3v) is 3.54. The Bertz CT molecular complexity index is 355. The summed E-state index contributed by atoms with van der Waals surface area (Å²) in [5.41, 5.74) is 0.478. The highest BCUT2D eigenvalue weighted by Gasteiger charge is 2.09. The van der Waals surface area contributed by atoms with Gasteiger partial charge in [-0.2, -0.15) is 0 Å². The molecule has 5 heteroatoms. The summed E-state index contributed by atoms with van der Waals surface area (Å²) in [6, 6.07) is 5.17. The Morgan fingerprint density at radius 3 is 2.71 bits per heavy atom. The maximum Gasteiger partial charge on any atom is 0.153 e. The first-order valence-corrected chi connectivity index (χ1v) is 6.17. The van der Waals surface area contributed by atoms with Crippen molar-refractivity contribution in [2.75, 3.05) is 4.72 Å². The van der Waals surface area contributed by atoms with Crippen LogP contribution in [0, 0.1) is 0 Å². The monoisotopic (exact) mass is 277 g/mol. The standard InChI is InChI=1S/C9H12BrNO2S/c1-6(2)14(13)11-8-5-3-4-7(10)9(8)12/h3-6,11-12H,1-2H3. The molecule has 0 aromatic heterocycles. The van der Waals surface area contributed by atoms with Crippen molar-refractivity contribution in [3.05, 3.63) is 22.7 Å². The molecule has 0 aliphatic heterocycles. The van der Waals surface area contributed by atoms with Gasteiger partial charge in [0.15, 0.2) is 5.75 Å². The molecule has 0 fully saturated rings. The normalized spacial score (nSPS) is 12.9. The molecule has 0 spiro atoms. The molecule has 0 radical (unpaired) electrons. The molecule has 78 valence electrons. The van der Waals surface area contributed by atoms with Gasteiger partial charge < -0.3 is 9.83 Å².